The van der Waals surface area contributed by atoms with E-state index in [-0.39, 0.29) is 18.2 Å². The smallest absolute Gasteiger partial charge is 0.244 e. The highest BCUT2D eigenvalue weighted by Crippen LogP contribution is 2.29. The summed E-state index contributed by atoms with van der Waals surface area (Å²) in [5.41, 5.74) is 5.47. The van der Waals surface area contributed by atoms with Gasteiger partial charge < -0.3 is 30.1 Å². The van der Waals surface area contributed by atoms with Crippen LogP contribution in [0.15, 0.2) is 9.98 Å². The zero-order valence-electron chi connectivity index (χ0n) is 11.7. The maximum Gasteiger partial charge on any atom is 0.244 e. The van der Waals surface area contributed by atoms with Gasteiger partial charge in [0, 0.05) is 0 Å². The number of hydrogen-bond donors (Lipinski definition) is 6. The fourth-order valence-corrected chi connectivity index (χ4v) is 2.74. The van der Waals surface area contributed by atoms with Crippen LogP contribution in [-0.4, -0.2) is 86.1 Å². The number of aliphatic hydroxyl groups excluding tert-OH is 3. The summed E-state index contributed by atoms with van der Waals surface area (Å²) in [5, 5.41) is 39.0. The molecule has 0 aromatic rings. The van der Waals surface area contributed by atoms with Crippen molar-refractivity contribution in [3.8, 4) is 0 Å². The first kappa shape index (κ1) is 13.8. The monoisotopic (exact) mass is 322 g/mol. The van der Waals surface area contributed by atoms with E-state index in [9.17, 15) is 15.3 Å². The van der Waals surface area contributed by atoms with E-state index in [0.717, 1.165) is 0 Å². The zero-order chi connectivity index (χ0) is 16.3. The van der Waals surface area contributed by atoms with Crippen LogP contribution in [0.2, 0.25) is 0 Å². The molecule has 0 bridgehead atoms. The van der Waals surface area contributed by atoms with Crippen LogP contribution < -0.4 is 11.1 Å². The number of aliphatic imine (C=N–C) groups is 2. The first-order valence-corrected chi connectivity index (χ1v) is 6.58. The number of nitrogens with zero attached hydrogens (tertiary/aromatic N) is 3. The summed E-state index contributed by atoms with van der Waals surface area (Å²) in [5.74, 6) is -0.0245. The van der Waals surface area contributed by atoms with Crippen molar-refractivity contribution in [2.45, 2.75) is 36.0 Å². The van der Waals surface area contributed by atoms with Gasteiger partial charge in [0.2, 0.25) is 5.18 Å². The maximum absolute atomic E-state index is 10.1. The number of aliphatic hydroxyl groups is 4. The highest BCUT2D eigenvalue weighted by Gasteiger charge is 2.51. The largest absolute Gasteiger partial charge is 0.394 e. The minimum atomic E-state index is -2.19. The predicted molar refractivity (Wildman–Crippen MR) is 71.3 cm³/mol. The number of halogens is 1. The van der Waals surface area contributed by atoms with Gasteiger partial charge in [-0.2, -0.15) is 0 Å². The second-order valence-corrected chi connectivity index (χ2v) is 5.46. The molecule has 0 saturated carbocycles. The van der Waals surface area contributed by atoms with Crippen LogP contribution in [0, 0.1) is 0 Å². The van der Waals surface area contributed by atoms with Crippen molar-refractivity contribution in [2.75, 3.05) is 13.3 Å². The van der Waals surface area contributed by atoms with E-state index in [0.29, 0.717) is 0 Å². The number of alkyl halides is 1. The Balaban J connectivity index is 1.91. The van der Waals surface area contributed by atoms with Gasteiger partial charge >= 0.3 is 0 Å². The molecule has 0 amide bonds. The lowest BCUT2D eigenvalue weighted by molar-refractivity contribution is -0.0691. The van der Waals surface area contributed by atoms with E-state index in [4.69, 9.17) is 28.5 Å². The van der Waals surface area contributed by atoms with E-state index in [1.54, 1.807) is 0 Å². The van der Waals surface area contributed by atoms with Crippen LogP contribution in [0.5, 0.6) is 0 Å². The van der Waals surface area contributed by atoms with Crippen molar-refractivity contribution < 1.29 is 26.5 Å². The Hall–Kier alpha value is -0.850. The Bertz CT molecular complexity index is 544. The zero-order valence-corrected chi connectivity index (χ0v) is 11.5. The molecular weight excluding hydrogens is 306 g/mol. The molecule has 0 spiro atoms. The van der Waals surface area contributed by atoms with Crippen LogP contribution in [0.3, 0.4) is 0 Å². The number of hydrogen-bond acceptors (Lipinski definition) is 10. The van der Waals surface area contributed by atoms with Crippen molar-refractivity contribution in [2.24, 2.45) is 15.7 Å². The summed E-state index contributed by atoms with van der Waals surface area (Å²) >= 11 is 5.86. The van der Waals surface area contributed by atoms with Crippen LogP contribution >= 0.6 is 11.6 Å². The molecule has 3 aliphatic heterocycles. The van der Waals surface area contributed by atoms with Crippen molar-refractivity contribution in [3.05, 3.63) is 0 Å². The number of nitrogens with two attached hydrogens (primary N) is 1. The van der Waals surface area contributed by atoms with Crippen molar-refractivity contribution in [3.63, 3.8) is 0 Å². The molecule has 21 heavy (non-hydrogen) atoms. The fraction of sp³-hybridized carbons (Fsp3) is 0.800. The molecule has 0 aliphatic carbocycles. The highest BCUT2D eigenvalue weighted by atomic mass is 35.5. The average Bonchev–Trinajstić information content (AvgIpc) is 2.91. The molecule has 0 radical (unpaired) electrons. The number of amidine groups is 1. The topological polar surface area (TPSA) is 156 Å². The van der Waals surface area contributed by atoms with E-state index in [2.05, 4.69) is 15.3 Å². The lowest BCUT2D eigenvalue weighted by atomic mass is 10.1. The number of fused-ring (bicyclic) bond motifs is 1. The summed E-state index contributed by atoms with van der Waals surface area (Å²) in [4.78, 5) is 9.19. The van der Waals surface area contributed by atoms with Gasteiger partial charge in [0.25, 0.3) is 0 Å². The Morgan fingerprint density at radius 2 is 2.29 bits per heavy atom. The van der Waals surface area contributed by atoms with Gasteiger partial charge in [0.1, 0.15) is 30.7 Å². The Morgan fingerprint density at radius 3 is 2.90 bits per heavy atom. The van der Waals surface area contributed by atoms with Gasteiger partial charge in [0.05, 0.1) is 7.98 Å². The quantitative estimate of drug-likeness (QED) is 0.224. The van der Waals surface area contributed by atoms with Crippen molar-refractivity contribution in [1.29, 1.82) is 0 Å². The molecule has 2 unspecified atom stereocenters. The highest BCUT2D eigenvalue weighted by molar-refractivity contribution is 6.55. The summed E-state index contributed by atoms with van der Waals surface area (Å²) in [6.07, 6.45) is -6.79. The molecule has 3 aliphatic rings. The van der Waals surface area contributed by atoms with Crippen LogP contribution in [0.1, 0.15) is 1.37 Å². The normalized spacial score (nSPS) is 50.6. The SMILES string of the molecule is [2H]C1(N)N=C2C(=NCN2[C@@H]2O[C@H](CO)[C@@H](O)[C@H]2O)C(O)(Cl)N1. The van der Waals surface area contributed by atoms with Gasteiger partial charge in [0.15, 0.2) is 18.3 Å². The molecule has 0 aromatic heterocycles. The fourth-order valence-electron chi connectivity index (χ4n) is 2.50. The maximum atomic E-state index is 10.1. The van der Waals surface area contributed by atoms with Crippen LogP contribution in [0.25, 0.3) is 0 Å². The Labute approximate surface area is 125 Å². The lowest BCUT2D eigenvalue weighted by Crippen LogP contribution is -2.62. The molecule has 6 atom stereocenters. The van der Waals surface area contributed by atoms with Gasteiger partial charge in [-0.1, -0.05) is 11.6 Å². The van der Waals surface area contributed by atoms with Gasteiger partial charge in [-0.15, -0.1) is 0 Å². The summed E-state index contributed by atoms with van der Waals surface area (Å²) < 4.78 is 13.1. The first-order valence-electron chi connectivity index (χ1n) is 6.70. The Kier molecular flexibility index (Phi) is 3.35. The van der Waals surface area contributed by atoms with Crippen molar-refractivity contribution >= 4 is 23.1 Å². The molecule has 10 nitrogen and oxygen atoms in total. The second-order valence-electron chi connectivity index (χ2n) is 4.91. The number of nitrogens with one attached hydrogen (secondary N) is 1. The number of rotatable bonds is 2. The van der Waals surface area contributed by atoms with Gasteiger partial charge in [-0.3, -0.25) is 10.7 Å². The van der Waals surface area contributed by atoms with E-state index >= 15 is 0 Å². The summed E-state index contributed by atoms with van der Waals surface area (Å²) in [7, 11) is 0. The number of ether oxygens (including phenoxy) is 1. The third-order valence-electron chi connectivity index (χ3n) is 3.52. The molecule has 118 valence electrons. The molecule has 11 heteroatoms. The van der Waals surface area contributed by atoms with Gasteiger partial charge in [-0.25, -0.2) is 10.3 Å². The van der Waals surface area contributed by atoms with Crippen molar-refractivity contribution in [1.82, 2.24) is 10.2 Å². The molecular formula is C10H16ClN5O5. The van der Waals surface area contributed by atoms with E-state index in [1.807, 2.05) is 0 Å². The minimum Gasteiger partial charge on any atom is -0.394 e. The first-order chi connectivity index (χ1) is 10.2. The molecule has 1 fully saturated rings. The van der Waals surface area contributed by atoms with E-state index < -0.39 is 42.6 Å². The lowest BCUT2D eigenvalue weighted by Gasteiger charge is -2.34. The third-order valence-corrected chi connectivity index (χ3v) is 3.80. The van der Waals surface area contributed by atoms with Gasteiger partial charge in [-0.05, 0) is 0 Å². The van der Waals surface area contributed by atoms with E-state index in [1.165, 1.54) is 4.90 Å². The molecule has 3 rings (SSSR count). The van der Waals surface area contributed by atoms with Crippen LogP contribution in [0.4, 0.5) is 0 Å². The summed E-state index contributed by atoms with van der Waals surface area (Å²) in [6.45, 7) is -0.559. The Morgan fingerprint density at radius 1 is 1.57 bits per heavy atom. The average molecular weight is 323 g/mol. The predicted octanol–water partition coefficient (Wildman–Crippen LogP) is -3.73. The third kappa shape index (κ3) is 2.33. The minimum absolute atomic E-state index is 0.0245. The summed E-state index contributed by atoms with van der Waals surface area (Å²) in [6, 6.07) is 0. The standard InChI is InChI=1S/C10H16ClN5O5/c11-10(20)6-7(14-9(12)15-10)16(2-13-6)8-5(19)4(18)3(1-17)21-8/h3-5,8-9,15,17-20H,1-2,12H2/t3-,4-,5-,8-,9?,10?/m1/s1/i9D. The molecule has 0 aromatic carbocycles. The molecule has 7 N–H and O–H groups in total. The second kappa shape index (κ2) is 5.11. The molecule has 1 saturated heterocycles. The molecule has 3 heterocycles. The van der Waals surface area contributed by atoms with Crippen LogP contribution in [-0.2, 0) is 4.74 Å².